The van der Waals surface area contributed by atoms with Crippen LogP contribution in [-0.4, -0.2) is 40.9 Å². The van der Waals surface area contributed by atoms with Gasteiger partial charge in [0.15, 0.2) is 0 Å². The molecule has 0 spiro atoms. The molecule has 0 amide bonds. The summed E-state index contributed by atoms with van der Waals surface area (Å²) >= 11 is 0. The van der Waals surface area contributed by atoms with Gasteiger partial charge in [-0.05, 0) is 31.4 Å². The number of piperidine rings is 1. The van der Waals surface area contributed by atoms with Gasteiger partial charge in [-0.1, -0.05) is 36.8 Å². The van der Waals surface area contributed by atoms with Crippen LogP contribution in [0.1, 0.15) is 37.4 Å². The van der Waals surface area contributed by atoms with Crippen molar-refractivity contribution in [2.45, 2.75) is 37.8 Å². The SMILES string of the molecule is OCC[C@@H]1CCCCN1C[C@@H](O)c1ccccc1. The lowest BCUT2D eigenvalue weighted by atomic mass is 9.98. The van der Waals surface area contributed by atoms with E-state index in [4.69, 9.17) is 5.11 Å². The maximum absolute atomic E-state index is 10.3. The van der Waals surface area contributed by atoms with Crippen molar-refractivity contribution in [3.63, 3.8) is 0 Å². The van der Waals surface area contributed by atoms with E-state index < -0.39 is 6.10 Å². The molecule has 1 heterocycles. The summed E-state index contributed by atoms with van der Waals surface area (Å²) in [5.74, 6) is 0. The highest BCUT2D eigenvalue weighted by molar-refractivity contribution is 5.17. The molecular weight excluding hydrogens is 226 g/mol. The van der Waals surface area contributed by atoms with E-state index in [1.807, 2.05) is 30.3 Å². The average Bonchev–Trinajstić information content (AvgIpc) is 2.42. The maximum atomic E-state index is 10.3. The monoisotopic (exact) mass is 249 g/mol. The molecule has 1 aliphatic heterocycles. The molecule has 1 fully saturated rings. The largest absolute Gasteiger partial charge is 0.396 e. The predicted octanol–water partition coefficient (Wildman–Crippen LogP) is 1.96. The van der Waals surface area contributed by atoms with Gasteiger partial charge in [0.25, 0.3) is 0 Å². The fourth-order valence-electron chi connectivity index (χ4n) is 2.78. The number of likely N-dealkylation sites (tertiary alicyclic amines) is 1. The molecule has 1 aromatic carbocycles. The highest BCUT2D eigenvalue weighted by Crippen LogP contribution is 2.23. The molecule has 0 unspecified atom stereocenters. The zero-order valence-electron chi connectivity index (χ0n) is 10.8. The third-order valence-electron chi connectivity index (χ3n) is 3.80. The standard InChI is InChI=1S/C15H23NO2/c17-11-9-14-8-4-5-10-16(14)12-15(18)13-6-2-1-3-7-13/h1-3,6-7,14-15,17-18H,4-5,8-12H2/t14-,15+/m0/s1. The van der Waals surface area contributed by atoms with Crippen LogP contribution in [0.2, 0.25) is 0 Å². The van der Waals surface area contributed by atoms with Crippen molar-refractivity contribution in [2.75, 3.05) is 19.7 Å². The van der Waals surface area contributed by atoms with Crippen molar-refractivity contribution in [2.24, 2.45) is 0 Å². The van der Waals surface area contributed by atoms with Crippen LogP contribution in [-0.2, 0) is 0 Å². The topological polar surface area (TPSA) is 43.7 Å². The molecule has 1 saturated heterocycles. The van der Waals surface area contributed by atoms with Gasteiger partial charge in [-0.3, -0.25) is 4.90 Å². The van der Waals surface area contributed by atoms with Gasteiger partial charge in [0.2, 0.25) is 0 Å². The lowest BCUT2D eigenvalue weighted by Gasteiger charge is -2.36. The number of hydrogen-bond acceptors (Lipinski definition) is 3. The third-order valence-corrected chi connectivity index (χ3v) is 3.80. The number of aliphatic hydroxyl groups is 2. The zero-order valence-corrected chi connectivity index (χ0v) is 10.8. The molecule has 0 aliphatic carbocycles. The highest BCUT2D eigenvalue weighted by atomic mass is 16.3. The smallest absolute Gasteiger partial charge is 0.0917 e. The lowest BCUT2D eigenvalue weighted by Crippen LogP contribution is -2.42. The van der Waals surface area contributed by atoms with Crippen LogP contribution in [0.25, 0.3) is 0 Å². The number of hydrogen-bond donors (Lipinski definition) is 2. The molecule has 3 nitrogen and oxygen atoms in total. The van der Waals surface area contributed by atoms with Crippen molar-refractivity contribution in [3.8, 4) is 0 Å². The minimum atomic E-state index is -0.425. The number of β-amino-alcohol motifs (C(OH)–C–C–N with tert-alkyl or cyclic N) is 1. The molecule has 2 N–H and O–H groups in total. The van der Waals surface area contributed by atoms with Gasteiger partial charge in [0, 0.05) is 19.2 Å². The van der Waals surface area contributed by atoms with Gasteiger partial charge < -0.3 is 10.2 Å². The van der Waals surface area contributed by atoms with Crippen molar-refractivity contribution >= 4 is 0 Å². The van der Waals surface area contributed by atoms with E-state index in [-0.39, 0.29) is 6.61 Å². The summed E-state index contributed by atoms with van der Waals surface area (Å²) in [6.45, 7) is 1.95. The summed E-state index contributed by atoms with van der Waals surface area (Å²) < 4.78 is 0. The molecule has 18 heavy (non-hydrogen) atoms. The zero-order chi connectivity index (χ0) is 12.8. The Morgan fingerprint density at radius 3 is 2.72 bits per heavy atom. The Balaban J connectivity index is 1.94. The van der Waals surface area contributed by atoms with Crippen LogP contribution < -0.4 is 0 Å². The first-order valence-electron chi connectivity index (χ1n) is 6.89. The van der Waals surface area contributed by atoms with E-state index >= 15 is 0 Å². The van der Waals surface area contributed by atoms with Crippen molar-refractivity contribution < 1.29 is 10.2 Å². The van der Waals surface area contributed by atoms with E-state index in [9.17, 15) is 5.11 Å². The van der Waals surface area contributed by atoms with E-state index in [1.165, 1.54) is 12.8 Å². The number of aliphatic hydroxyl groups excluding tert-OH is 2. The molecule has 2 atom stereocenters. The molecule has 0 radical (unpaired) electrons. The Kier molecular flexibility index (Phi) is 5.17. The van der Waals surface area contributed by atoms with Gasteiger partial charge >= 0.3 is 0 Å². The molecule has 0 saturated carbocycles. The Morgan fingerprint density at radius 1 is 1.22 bits per heavy atom. The predicted molar refractivity (Wildman–Crippen MR) is 72.3 cm³/mol. The number of benzene rings is 1. The van der Waals surface area contributed by atoms with Crippen LogP contribution in [0.4, 0.5) is 0 Å². The summed E-state index contributed by atoms with van der Waals surface area (Å²) in [6, 6.07) is 10.2. The molecule has 0 aromatic heterocycles. The summed E-state index contributed by atoms with van der Waals surface area (Å²) in [5.41, 5.74) is 0.978. The minimum absolute atomic E-state index is 0.239. The van der Waals surface area contributed by atoms with Crippen molar-refractivity contribution in [3.05, 3.63) is 35.9 Å². The normalized spacial score (nSPS) is 22.9. The number of rotatable bonds is 5. The first-order valence-corrected chi connectivity index (χ1v) is 6.89. The van der Waals surface area contributed by atoms with E-state index in [0.29, 0.717) is 12.6 Å². The summed E-state index contributed by atoms with van der Waals surface area (Å²) in [6.07, 6.45) is 3.97. The lowest BCUT2D eigenvalue weighted by molar-refractivity contribution is 0.0565. The molecule has 2 rings (SSSR count). The second-order valence-electron chi connectivity index (χ2n) is 5.08. The minimum Gasteiger partial charge on any atom is -0.396 e. The molecule has 1 aliphatic rings. The number of nitrogens with zero attached hydrogens (tertiary/aromatic N) is 1. The van der Waals surface area contributed by atoms with Crippen LogP contribution in [0.15, 0.2) is 30.3 Å². The Morgan fingerprint density at radius 2 is 2.00 bits per heavy atom. The van der Waals surface area contributed by atoms with Crippen LogP contribution in [0.5, 0.6) is 0 Å². The molecule has 100 valence electrons. The Hall–Kier alpha value is -0.900. The van der Waals surface area contributed by atoms with Crippen LogP contribution >= 0.6 is 0 Å². The van der Waals surface area contributed by atoms with Gasteiger partial charge in [-0.15, -0.1) is 0 Å². The third kappa shape index (κ3) is 3.55. The highest BCUT2D eigenvalue weighted by Gasteiger charge is 2.24. The van der Waals surface area contributed by atoms with Gasteiger partial charge in [-0.25, -0.2) is 0 Å². The van der Waals surface area contributed by atoms with Crippen LogP contribution in [0, 0.1) is 0 Å². The molecule has 3 heteroatoms. The van der Waals surface area contributed by atoms with Gasteiger partial charge in [0.05, 0.1) is 6.10 Å². The molecule has 0 bridgehead atoms. The Bertz CT molecular complexity index is 340. The summed E-state index contributed by atoms with van der Waals surface area (Å²) in [7, 11) is 0. The second kappa shape index (κ2) is 6.88. The fraction of sp³-hybridized carbons (Fsp3) is 0.600. The fourth-order valence-corrected chi connectivity index (χ4v) is 2.78. The molecular formula is C15H23NO2. The molecule has 1 aromatic rings. The van der Waals surface area contributed by atoms with Crippen molar-refractivity contribution in [1.82, 2.24) is 4.90 Å². The second-order valence-corrected chi connectivity index (χ2v) is 5.08. The summed E-state index contributed by atoms with van der Waals surface area (Å²) in [5, 5.41) is 19.4. The van der Waals surface area contributed by atoms with E-state index in [1.54, 1.807) is 0 Å². The van der Waals surface area contributed by atoms with Gasteiger partial charge in [0.1, 0.15) is 0 Å². The summed E-state index contributed by atoms with van der Waals surface area (Å²) in [4.78, 5) is 2.33. The van der Waals surface area contributed by atoms with Crippen molar-refractivity contribution in [1.29, 1.82) is 0 Å². The van der Waals surface area contributed by atoms with Gasteiger partial charge in [-0.2, -0.15) is 0 Å². The van der Waals surface area contributed by atoms with E-state index in [0.717, 1.165) is 24.9 Å². The quantitative estimate of drug-likeness (QED) is 0.838. The first kappa shape index (κ1) is 13.5. The first-order chi connectivity index (χ1) is 8.81. The van der Waals surface area contributed by atoms with E-state index in [2.05, 4.69) is 4.90 Å². The maximum Gasteiger partial charge on any atom is 0.0917 e. The van der Waals surface area contributed by atoms with Crippen LogP contribution in [0.3, 0.4) is 0 Å². The Labute approximate surface area is 109 Å². The average molecular weight is 249 g/mol.